The normalized spacial score (nSPS) is 15.2. The van der Waals surface area contributed by atoms with Gasteiger partial charge in [0.25, 0.3) is 0 Å². The lowest BCUT2D eigenvalue weighted by atomic mass is 10.2. The zero-order valence-electron chi connectivity index (χ0n) is 16.5. The van der Waals surface area contributed by atoms with Gasteiger partial charge in [0.1, 0.15) is 6.54 Å². The van der Waals surface area contributed by atoms with Crippen LogP contribution in [-0.2, 0) is 14.8 Å². The molecule has 29 heavy (non-hydrogen) atoms. The number of halogens is 1. The van der Waals surface area contributed by atoms with Gasteiger partial charge in [0.05, 0.1) is 11.9 Å². The van der Waals surface area contributed by atoms with Crippen LogP contribution < -0.4 is 14.5 Å². The Bertz CT molecular complexity index is 941. The second-order valence-electron chi connectivity index (χ2n) is 7.13. The van der Waals surface area contributed by atoms with Crippen molar-refractivity contribution in [2.75, 3.05) is 60.5 Å². The summed E-state index contributed by atoms with van der Waals surface area (Å²) < 4.78 is 25.4. The van der Waals surface area contributed by atoms with E-state index in [9.17, 15) is 13.2 Å². The number of carbonyl (C=O) groups is 1. The maximum atomic E-state index is 12.5. The summed E-state index contributed by atoms with van der Waals surface area (Å²) in [6.45, 7) is 3.65. The highest BCUT2D eigenvalue weighted by molar-refractivity contribution is 7.92. The molecule has 1 aliphatic rings. The number of sulfonamides is 1. The van der Waals surface area contributed by atoms with Crippen molar-refractivity contribution in [3.63, 3.8) is 0 Å². The Labute approximate surface area is 176 Å². The molecule has 156 valence electrons. The van der Waals surface area contributed by atoms with E-state index >= 15 is 0 Å². The second kappa shape index (κ2) is 9.02. The van der Waals surface area contributed by atoms with Gasteiger partial charge < -0.3 is 15.1 Å². The molecule has 7 nitrogen and oxygen atoms in total. The molecular weight excluding hydrogens is 412 g/mol. The summed E-state index contributed by atoms with van der Waals surface area (Å²) in [4.78, 5) is 17.1. The van der Waals surface area contributed by atoms with E-state index in [1.807, 2.05) is 24.3 Å². The van der Waals surface area contributed by atoms with E-state index in [2.05, 4.69) is 22.2 Å². The number of benzene rings is 2. The average molecular weight is 437 g/mol. The van der Waals surface area contributed by atoms with Crippen molar-refractivity contribution < 1.29 is 13.2 Å². The molecule has 2 aromatic carbocycles. The van der Waals surface area contributed by atoms with E-state index in [0.717, 1.165) is 42.4 Å². The molecule has 1 fully saturated rings. The number of amides is 1. The van der Waals surface area contributed by atoms with Crippen molar-refractivity contribution in [1.82, 2.24) is 4.90 Å². The lowest BCUT2D eigenvalue weighted by molar-refractivity contribution is -0.114. The standard InChI is InChI=1S/C20H25ClN4O3S/c1-23-11-13-24(14-12-23)18-9-5-17(6-10-18)22-20(26)15-25(29(2,27)28)19-7-3-16(21)4-8-19/h3-10H,11-15H2,1-2H3,(H,22,26). The van der Waals surface area contributed by atoms with Gasteiger partial charge in [0.15, 0.2) is 0 Å². The molecular formula is C20H25ClN4O3S. The molecule has 0 atom stereocenters. The molecule has 0 bridgehead atoms. The lowest BCUT2D eigenvalue weighted by Gasteiger charge is -2.34. The molecule has 1 amide bonds. The number of hydrogen-bond acceptors (Lipinski definition) is 5. The van der Waals surface area contributed by atoms with Gasteiger partial charge in [-0.25, -0.2) is 8.42 Å². The SMILES string of the molecule is CN1CCN(c2ccc(NC(=O)CN(c3ccc(Cl)cc3)S(C)(=O)=O)cc2)CC1. The van der Waals surface area contributed by atoms with Crippen LogP contribution in [0.1, 0.15) is 0 Å². The maximum Gasteiger partial charge on any atom is 0.245 e. The van der Waals surface area contributed by atoms with E-state index in [-0.39, 0.29) is 6.54 Å². The Balaban J connectivity index is 1.65. The fourth-order valence-corrected chi connectivity index (χ4v) is 4.14. The molecule has 1 N–H and O–H groups in total. The van der Waals surface area contributed by atoms with Crippen molar-refractivity contribution >= 4 is 44.6 Å². The van der Waals surface area contributed by atoms with Crippen LogP contribution in [-0.4, -0.2) is 65.3 Å². The molecule has 0 spiro atoms. The summed E-state index contributed by atoms with van der Waals surface area (Å²) >= 11 is 5.87. The summed E-state index contributed by atoms with van der Waals surface area (Å²) in [5.74, 6) is -0.419. The smallest absolute Gasteiger partial charge is 0.245 e. The van der Waals surface area contributed by atoms with Crippen LogP contribution in [0.4, 0.5) is 17.1 Å². The Morgan fingerprint density at radius 3 is 2.17 bits per heavy atom. The number of anilines is 3. The molecule has 1 aliphatic heterocycles. The first-order valence-electron chi connectivity index (χ1n) is 9.29. The van der Waals surface area contributed by atoms with Crippen LogP contribution in [0, 0.1) is 0 Å². The molecule has 0 aliphatic carbocycles. The molecule has 0 aromatic heterocycles. The number of nitrogens with zero attached hydrogens (tertiary/aromatic N) is 3. The Morgan fingerprint density at radius 1 is 1.03 bits per heavy atom. The number of piperazine rings is 1. The van der Waals surface area contributed by atoms with Gasteiger partial charge in [0.2, 0.25) is 15.9 Å². The monoisotopic (exact) mass is 436 g/mol. The van der Waals surface area contributed by atoms with E-state index in [1.165, 1.54) is 0 Å². The van der Waals surface area contributed by atoms with Crippen molar-refractivity contribution in [2.24, 2.45) is 0 Å². The highest BCUT2D eigenvalue weighted by atomic mass is 35.5. The van der Waals surface area contributed by atoms with Gasteiger partial charge in [-0.1, -0.05) is 11.6 Å². The number of nitrogens with one attached hydrogen (secondary N) is 1. The highest BCUT2D eigenvalue weighted by Gasteiger charge is 2.21. The van der Waals surface area contributed by atoms with Crippen molar-refractivity contribution in [3.05, 3.63) is 53.6 Å². The summed E-state index contributed by atoms with van der Waals surface area (Å²) in [5, 5.41) is 3.26. The molecule has 9 heteroatoms. The van der Waals surface area contributed by atoms with E-state index < -0.39 is 15.9 Å². The number of rotatable bonds is 6. The maximum absolute atomic E-state index is 12.5. The van der Waals surface area contributed by atoms with Crippen molar-refractivity contribution in [2.45, 2.75) is 0 Å². The zero-order chi connectivity index (χ0) is 21.0. The lowest BCUT2D eigenvalue weighted by Crippen LogP contribution is -2.44. The number of likely N-dealkylation sites (N-methyl/N-ethyl adjacent to an activating group) is 1. The van der Waals surface area contributed by atoms with Gasteiger partial charge >= 0.3 is 0 Å². The molecule has 3 rings (SSSR count). The molecule has 0 radical (unpaired) electrons. The topological polar surface area (TPSA) is 73.0 Å². The summed E-state index contributed by atoms with van der Waals surface area (Å²) in [6.07, 6.45) is 1.07. The van der Waals surface area contributed by atoms with Crippen molar-refractivity contribution in [3.8, 4) is 0 Å². The third-order valence-electron chi connectivity index (χ3n) is 4.82. The Hall–Kier alpha value is -2.29. The van der Waals surface area contributed by atoms with Gasteiger partial charge in [-0.2, -0.15) is 0 Å². The zero-order valence-corrected chi connectivity index (χ0v) is 18.1. The van der Waals surface area contributed by atoms with E-state index in [4.69, 9.17) is 11.6 Å². The van der Waals surface area contributed by atoms with E-state index in [0.29, 0.717) is 16.4 Å². The van der Waals surface area contributed by atoms with Crippen LogP contribution >= 0.6 is 11.6 Å². The molecule has 2 aromatic rings. The summed E-state index contributed by atoms with van der Waals surface area (Å²) in [6, 6.07) is 13.9. The average Bonchev–Trinajstić information content (AvgIpc) is 2.67. The predicted molar refractivity (Wildman–Crippen MR) is 118 cm³/mol. The highest BCUT2D eigenvalue weighted by Crippen LogP contribution is 2.22. The molecule has 1 saturated heterocycles. The van der Waals surface area contributed by atoms with Gasteiger partial charge in [0, 0.05) is 42.6 Å². The van der Waals surface area contributed by atoms with Crippen LogP contribution in [0.15, 0.2) is 48.5 Å². The minimum Gasteiger partial charge on any atom is -0.369 e. The van der Waals surface area contributed by atoms with Gasteiger partial charge in [-0.15, -0.1) is 0 Å². The van der Waals surface area contributed by atoms with E-state index in [1.54, 1.807) is 24.3 Å². The Kier molecular flexibility index (Phi) is 6.66. The minimum absolute atomic E-state index is 0.319. The predicted octanol–water partition coefficient (Wildman–Crippen LogP) is 2.50. The fraction of sp³-hybridized carbons (Fsp3) is 0.350. The van der Waals surface area contributed by atoms with Crippen LogP contribution in [0.2, 0.25) is 5.02 Å². The second-order valence-corrected chi connectivity index (χ2v) is 9.47. The fourth-order valence-electron chi connectivity index (χ4n) is 3.16. The van der Waals surface area contributed by atoms with Crippen LogP contribution in [0.3, 0.4) is 0 Å². The number of hydrogen-bond donors (Lipinski definition) is 1. The minimum atomic E-state index is -3.63. The third kappa shape index (κ3) is 5.85. The number of carbonyl (C=O) groups excluding carboxylic acids is 1. The van der Waals surface area contributed by atoms with Gasteiger partial charge in [-0.05, 0) is 55.6 Å². The quantitative estimate of drug-likeness (QED) is 0.753. The molecule has 1 heterocycles. The first kappa shape index (κ1) is 21.4. The summed E-state index contributed by atoms with van der Waals surface area (Å²) in [5.41, 5.74) is 2.12. The molecule has 0 saturated carbocycles. The van der Waals surface area contributed by atoms with Crippen LogP contribution in [0.5, 0.6) is 0 Å². The van der Waals surface area contributed by atoms with Crippen molar-refractivity contribution in [1.29, 1.82) is 0 Å². The third-order valence-corrected chi connectivity index (χ3v) is 6.21. The summed E-state index contributed by atoms with van der Waals surface area (Å²) in [7, 11) is -1.51. The van der Waals surface area contributed by atoms with Gasteiger partial charge in [-0.3, -0.25) is 9.10 Å². The largest absolute Gasteiger partial charge is 0.369 e. The first-order valence-corrected chi connectivity index (χ1v) is 11.5. The van der Waals surface area contributed by atoms with Crippen LogP contribution in [0.25, 0.3) is 0 Å². The Morgan fingerprint density at radius 2 is 1.62 bits per heavy atom. The first-order chi connectivity index (χ1) is 13.7. The molecule has 0 unspecified atom stereocenters.